The van der Waals surface area contributed by atoms with E-state index in [9.17, 15) is 23.1 Å². The summed E-state index contributed by atoms with van der Waals surface area (Å²) in [5.41, 5.74) is -2.75. The average molecular weight is 358 g/mol. The highest BCUT2D eigenvalue weighted by atomic mass is 19.4. The summed E-state index contributed by atoms with van der Waals surface area (Å²) in [6, 6.07) is 0. The van der Waals surface area contributed by atoms with Crippen LogP contribution in [0.1, 0.15) is 52.4 Å². The van der Waals surface area contributed by atoms with E-state index in [-0.39, 0.29) is 17.4 Å². The lowest BCUT2D eigenvalue weighted by Crippen LogP contribution is -2.55. The largest absolute Gasteiger partial charge is 0.456 e. The number of halogens is 3. The Balaban J connectivity index is 1.58. The zero-order valence-electron chi connectivity index (χ0n) is 14.7. The van der Waals surface area contributed by atoms with Gasteiger partial charge in [0.2, 0.25) is 0 Å². The van der Waals surface area contributed by atoms with Crippen molar-refractivity contribution in [2.45, 2.75) is 70.3 Å². The van der Waals surface area contributed by atoms with Gasteiger partial charge in [-0.2, -0.15) is 13.2 Å². The Morgan fingerprint density at radius 2 is 1.96 bits per heavy atom. The second kappa shape index (κ2) is 4.81. The third kappa shape index (κ3) is 2.32. The van der Waals surface area contributed by atoms with E-state index in [2.05, 4.69) is 6.58 Å². The molecule has 0 heterocycles. The van der Waals surface area contributed by atoms with E-state index in [1.165, 1.54) is 19.8 Å². The minimum absolute atomic E-state index is 0.0387. The van der Waals surface area contributed by atoms with Crippen LogP contribution >= 0.6 is 0 Å². The molecule has 25 heavy (non-hydrogen) atoms. The second-order valence-corrected chi connectivity index (χ2v) is 9.34. The summed E-state index contributed by atoms with van der Waals surface area (Å²) in [5.74, 6) is 1.00. The van der Waals surface area contributed by atoms with Gasteiger partial charge < -0.3 is 9.84 Å². The Morgan fingerprint density at radius 1 is 1.28 bits per heavy atom. The van der Waals surface area contributed by atoms with Crippen LogP contribution in [0.3, 0.4) is 0 Å². The number of alkyl halides is 3. The van der Waals surface area contributed by atoms with Gasteiger partial charge in [0.1, 0.15) is 6.10 Å². The van der Waals surface area contributed by atoms with Gasteiger partial charge in [0.25, 0.3) is 0 Å². The first-order valence-corrected chi connectivity index (χ1v) is 9.06. The summed E-state index contributed by atoms with van der Waals surface area (Å²) in [4.78, 5) is 11.9. The van der Waals surface area contributed by atoms with Crippen LogP contribution in [0.4, 0.5) is 13.2 Å². The van der Waals surface area contributed by atoms with E-state index >= 15 is 0 Å². The molecule has 1 N–H and O–H groups in total. The second-order valence-electron chi connectivity index (χ2n) is 9.34. The van der Waals surface area contributed by atoms with Crippen LogP contribution < -0.4 is 0 Å². The van der Waals surface area contributed by atoms with E-state index in [1.54, 1.807) is 0 Å². The van der Waals surface area contributed by atoms with Gasteiger partial charge in [0, 0.05) is 5.57 Å². The lowest BCUT2D eigenvalue weighted by Gasteiger charge is -2.45. The van der Waals surface area contributed by atoms with Crippen LogP contribution in [0.2, 0.25) is 0 Å². The number of hydrogen-bond donors (Lipinski definition) is 1. The van der Waals surface area contributed by atoms with Crippen LogP contribution in [-0.4, -0.2) is 29.0 Å². The van der Waals surface area contributed by atoms with Crippen molar-refractivity contribution in [3.63, 3.8) is 0 Å². The predicted molar refractivity (Wildman–Crippen MR) is 84.4 cm³/mol. The molecule has 4 aliphatic carbocycles. The minimum Gasteiger partial charge on any atom is -0.456 e. The van der Waals surface area contributed by atoms with Crippen LogP contribution in [0.15, 0.2) is 12.2 Å². The summed E-state index contributed by atoms with van der Waals surface area (Å²) in [5, 5.41) is 10.2. The van der Waals surface area contributed by atoms with Gasteiger partial charge in [-0.25, -0.2) is 4.79 Å². The summed E-state index contributed by atoms with van der Waals surface area (Å²) >= 11 is 0. The molecule has 0 radical (unpaired) electrons. The number of hydrogen-bond acceptors (Lipinski definition) is 3. The Hall–Kier alpha value is -1.04. The van der Waals surface area contributed by atoms with Crippen molar-refractivity contribution >= 4 is 5.97 Å². The van der Waals surface area contributed by atoms with Gasteiger partial charge in [-0.15, -0.1) is 0 Å². The summed E-state index contributed by atoms with van der Waals surface area (Å²) < 4.78 is 45.4. The highest BCUT2D eigenvalue weighted by Crippen LogP contribution is 2.84. The first-order chi connectivity index (χ1) is 11.4. The average Bonchev–Trinajstić information content (AvgIpc) is 3.13. The Labute approximate surface area is 145 Å². The molecular weight excluding hydrogens is 333 g/mol. The topological polar surface area (TPSA) is 46.5 Å². The van der Waals surface area contributed by atoms with E-state index < -0.39 is 23.9 Å². The maximum atomic E-state index is 13.4. The highest BCUT2D eigenvalue weighted by Gasteiger charge is 2.76. The molecule has 4 aliphatic rings. The molecule has 6 heteroatoms. The maximum absolute atomic E-state index is 13.4. The fourth-order valence-electron chi connectivity index (χ4n) is 6.26. The van der Waals surface area contributed by atoms with Crippen molar-refractivity contribution in [2.75, 3.05) is 0 Å². The van der Waals surface area contributed by atoms with Crippen molar-refractivity contribution in [1.82, 2.24) is 0 Å². The Kier molecular flexibility index (Phi) is 3.35. The quantitative estimate of drug-likeness (QED) is 0.597. The lowest BCUT2D eigenvalue weighted by atomic mass is 9.60. The third-order valence-electron chi connectivity index (χ3n) is 7.67. The van der Waals surface area contributed by atoms with Gasteiger partial charge >= 0.3 is 12.1 Å². The zero-order valence-corrected chi connectivity index (χ0v) is 14.7. The molecule has 0 saturated heterocycles. The summed E-state index contributed by atoms with van der Waals surface area (Å²) in [6.45, 7) is 5.56. The minimum atomic E-state index is -4.86. The SMILES string of the molecule is C=C(C)C(=O)OC(CC12CC3CC4(CC4C1)C3C2)C(C)(O)C(F)(F)F. The molecular formula is C19H25F3O3. The molecule has 3 nitrogen and oxygen atoms in total. The maximum Gasteiger partial charge on any atom is 0.420 e. The van der Waals surface area contributed by atoms with Gasteiger partial charge in [0.05, 0.1) is 0 Å². The molecule has 140 valence electrons. The van der Waals surface area contributed by atoms with Crippen LogP contribution in [0.5, 0.6) is 0 Å². The van der Waals surface area contributed by atoms with Crippen molar-refractivity contribution in [2.24, 2.45) is 28.6 Å². The fraction of sp³-hybridized carbons (Fsp3) is 0.842. The van der Waals surface area contributed by atoms with E-state index in [1.807, 2.05) is 0 Å². The van der Waals surface area contributed by atoms with Crippen molar-refractivity contribution in [3.05, 3.63) is 12.2 Å². The molecule has 4 fully saturated rings. The van der Waals surface area contributed by atoms with Gasteiger partial charge in [-0.1, -0.05) is 6.58 Å². The lowest BCUT2D eigenvalue weighted by molar-refractivity contribution is -0.288. The van der Waals surface area contributed by atoms with Gasteiger partial charge in [-0.05, 0) is 81.0 Å². The number of carbonyl (C=O) groups excluding carboxylic acids is 1. The molecule has 1 spiro atoms. The molecule has 7 atom stereocenters. The van der Waals surface area contributed by atoms with Crippen LogP contribution in [0, 0.1) is 28.6 Å². The van der Waals surface area contributed by atoms with E-state index in [4.69, 9.17) is 4.74 Å². The first-order valence-electron chi connectivity index (χ1n) is 9.06. The van der Waals surface area contributed by atoms with Crippen LogP contribution in [-0.2, 0) is 9.53 Å². The predicted octanol–water partition coefficient (Wildman–Crippen LogP) is 4.00. The summed E-state index contributed by atoms with van der Waals surface area (Å²) in [6.07, 6.45) is -1.21. The molecule has 7 unspecified atom stereocenters. The third-order valence-corrected chi connectivity index (χ3v) is 7.67. The van der Waals surface area contributed by atoms with Crippen LogP contribution in [0.25, 0.3) is 0 Å². The highest BCUT2D eigenvalue weighted by molar-refractivity contribution is 5.87. The van der Waals surface area contributed by atoms with Crippen molar-refractivity contribution < 1.29 is 27.8 Å². The smallest absolute Gasteiger partial charge is 0.420 e. The normalized spacial score (nSPS) is 44.2. The number of aliphatic hydroxyl groups is 1. The van der Waals surface area contributed by atoms with Crippen molar-refractivity contribution in [3.8, 4) is 0 Å². The molecule has 0 amide bonds. The first kappa shape index (κ1) is 17.4. The monoisotopic (exact) mass is 358 g/mol. The molecule has 0 aliphatic heterocycles. The number of ether oxygens (including phenoxy) is 1. The molecule has 4 saturated carbocycles. The Bertz CT molecular complexity index is 636. The molecule has 0 aromatic carbocycles. The molecule has 2 bridgehead atoms. The van der Waals surface area contributed by atoms with E-state index in [0.29, 0.717) is 30.1 Å². The fourth-order valence-corrected chi connectivity index (χ4v) is 6.26. The standard InChI is InChI=1S/C19H25F3O3/c1-10(2)15(23)25-14(16(3,24)19(20,21)22)9-17-4-11-5-18(13(11)8-17)7-12(18)6-17/h11-14,24H,1,4-9H2,2-3H3. The van der Waals surface area contributed by atoms with Crippen molar-refractivity contribution in [1.29, 1.82) is 0 Å². The Morgan fingerprint density at radius 3 is 2.56 bits per heavy atom. The summed E-state index contributed by atoms with van der Waals surface area (Å²) in [7, 11) is 0. The molecule has 0 aromatic heterocycles. The van der Waals surface area contributed by atoms with Gasteiger partial charge in [-0.3, -0.25) is 0 Å². The number of fused-ring (bicyclic) bond motifs is 1. The van der Waals surface area contributed by atoms with Gasteiger partial charge in [0.15, 0.2) is 5.60 Å². The zero-order chi connectivity index (χ0) is 18.4. The molecule has 4 rings (SSSR count). The number of rotatable bonds is 5. The number of carbonyl (C=O) groups is 1. The number of esters is 1. The van der Waals surface area contributed by atoms with E-state index in [0.717, 1.165) is 19.3 Å². The molecule has 0 aromatic rings.